The molecular formula is C17H19F2N3O. The smallest absolute Gasteiger partial charge is 0.170 e. The summed E-state index contributed by atoms with van der Waals surface area (Å²) in [6, 6.07) is 3.03. The van der Waals surface area contributed by atoms with E-state index < -0.39 is 11.6 Å². The highest BCUT2D eigenvalue weighted by molar-refractivity contribution is 5.98. The Morgan fingerprint density at radius 2 is 2.26 bits per heavy atom. The number of H-pyrrole nitrogens is 1. The van der Waals surface area contributed by atoms with Crippen LogP contribution in [0.2, 0.25) is 0 Å². The maximum absolute atomic E-state index is 13.8. The van der Waals surface area contributed by atoms with E-state index in [9.17, 15) is 13.6 Å². The van der Waals surface area contributed by atoms with Crippen LogP contribution in [-0.2, 0) is 6.54 Å². The average molecular weight is 319 g/mol. The zero-order chi connectivity index (χ0) is 16.4. The minimum Gasteiger partial charge on any atom is -0.345 e. The molecule has 6 heteroatoms. The predicted molar refractivity (Wildman–Crippen MR) is 82.0 cm³/mol. The van der Waals surface area contributed by atoms with Crippen molar-refractivity contribution in [1.82, 2.24) is 14.9 Å². The Kier molecular flexibility index (Phi) is 4.52. The molecule has 1 fully saturated rings. The number of benzene rings is 1. The van der Waals surface area contributed by atoms with Crippen LogP contribution >= 0.6 is 0 Å². The molecule has 1 aliphatic rings. The summed E-state index contributed by atoms with van der Waals surface area (Å²) in [5, 5.41) is 0. The molecule has 0 unspecified atom stereocenters. The van der Waals surface area contributed by atoms with Crippen LogP contribution < -0.4 is 0 Å². The molecule has 1 aliphatic heterocycles. The highest BCUT2D eigenvalue weighted by atomic mass is 19.1. The van der Waals surface area contributed by atoms with Gasteiger partial charge in [-0.15, -0.1) is 0 Å². The molecule has 4 nitrogen and oxygen atoms in total. The Hall–Kier alpha value is -2.08. The molecule has 0 bridgehead atoms. The van der Waals surface area contributed by atoms with E-state index in [1.54, 1.807) is 6.20 Å². The number of nitrogens with one attached hydrogen (secondary N) is 1. The fraction of sp³-hybridized carbons (Fsp3) is 0.412. The number of carbonyl (C=O) groups excluding carboxylic acids is 1. The van der Waals surface area contributed by atoms with E-state index in [0.717, 1.165) is 42.7 Å². The summed E-state index contributed by atoms with van der Waals surface area (Å²) >= 11 is 0. The summed E-state index contributed by atoms with van der Waals surface area (Å²) in [6.45, 7) is 4.00. The topological polar surface area (TPSA) is 49.0 Å². The van der Waals surface area contributed by atoms with Crippen LogP contribution in [0, 0.1) is 24.5 Å². The van der Waals surface area contributed by atoms with E-state index in [0.29, 0.717) is 19.5 Å². The second-order valence-corrected chi connectivity index (χ2v) is 6.06. The van der Waals surface area contributed by atoms with Gasteiger partial charge in [-0.2, -0.15) is 0 Å². The third kappa shape index (κ3) is 3.64. The summed E-state index contributed by atoms with van der Waals surface area (Å²) in [5.41, 5.74) is 0.849. The predicted octanol–water partition coefficient (Wildman–Crippen LogP) is 3.09. The Morgan fingerprint density at radius 1 is 1.43 bits per heavy atom. The molecule has 0 spiro atoms. The normalized spacial score (nSPS) is 19.0. The van der Waals surface area contributed by atoms with Gasteiger partial charge in [0, 0.05) is 30.9 Å². The van der Waals surface area contributed by atoms with Gasteiger partial charge in [0.1, 0.15) is 17.5 Å². The second kappa shape index (κ2) is 6.58. The fourth-order valence-corrected chi connectivity index (χ4v) is 3.11. The molecule has 1 aromatic carbocycles. The monoisotopic (exact) mass is 319 g/mol. The van der Waals surface area contributed by atoms with Crippen molar-refractivity contribution >= 4 is 5.78 Å². The summed E-state index contributed by atoms with van der Waals surface area (Å²) in [6.07, 6.45) is 3.35. The first-order valence-corrected chi connectivity index (χ1v) is 7.75. The van der Waals surface area contributed by atoms with Crippen molar-refractivity contribution in [3.63, 3.8) is 0 Å². The fourth-order valence-electron chi connectivity index (χ4n) is 3.11. The number of aromatic nitrogens is 2. The lowest BCUT2D eigenvalue weighted by Gasteiger charge is -2.31. The van der Waals surface area contributed by atoms with Crippen molar-refractivity contribution in [3.05, 3.63) is 53.1 Å². The number of likely N-dealkylation sites (tertiary alicyclic amines) is 1. The van der Waals surface area contributed by atoms with Gasteiger partial charge >= 0.3 is 0 Å². The van der Waals surface area contributed by atoms with Crippen molar-refractivity contribution in [2.75, 3.05) is 13.1 Å². The van der Waals surface area contributed by atoms with Crippen LogP contribution in [0.4, 0.5) is 8.78 Å². The van der Waals surface area contributed by atoms with Crippen molar-refractivity contribution in [3.8, 4) is 0 Å². The summed E-state index contributed by atoms with van der Waals surface area (Å²) < 4.78 is 27.1. The van der Waals surface area contributed by atoms with Crippen LogP contribution in [-0.4, -0.2) is 33.7 Å². The number of aromatic amines is 1. The summed E-state index contributed by atoms with van der Waals surface area (Å²) in [5.74, 6) is -1.00. The van der Waals surface area contributed by atoms with Gasteiger partial charge in [0.15, 0.2) is 5.78 Å². The molecule has 1 N–H and O–H groups in total. The first-order chi connectivity index (χ1) is 11.0. The van der Waals surface area contributed by atoms with Crippen LogP contribution in [0.5, 0.6) is 0 Å². The van der Waals surface area contributed by atoms with Gasteiger partial charge in [-0.25, -0.2) is 13.8 Å². The van der Waals surface area contributed by atoms with Gasteiger partial charge < -0.3 is 4.98 Å². The van der Waals surface area contributed by atoms with Gasteiger partial charge in [0.05, 0.1) is 5.56 Å². The molecule has 23 heavy (non-hydrogen) atoms. The number of carbonyl (C=O) groups is 1. The van der Waals surface area contributed by atoms with E-state index in [1.165, 1.54) is 0 Å². The molecule has 0 amide bonds. The third-order valence-electron chi connectivity index (χ3n) is 4.22. The standard InChI is InChI=1S/C17H19F2N3O/c1-11-20-8-14(21-11)10-22-6-2-3-12(9-22)17(23)15-7-13(18)4-5-16(15)19/h4-5,7-8,12H,2-3,6,9-10H2,1H3,(H,20,21)/t12-/m1/s1. The van der Waals surface area contributed by atoms with Gasteiger partial charge in [0.2, 0.25) is 0 Å². The van der Waals surface area contributed by atoms with Gasteiger partial charge in [0.25, 0.3) is 0 Å². The Labute approximate surface area is 133 Å². The van der Waals surface area contributed by atoms with E-state index in [4.69, 9.17) is 0 Å². The number of rotatable bonds is 4. The average Bonchev–Trinajstić information content (AvgIpc) is 2.94. The van der Waals surface area contributed by atoms with E-state index in [1.807, 2.05) is 6.92 Å². The third-order valence-corrected chi connectivity index (χ3v) is 4.22. The Balaban J connectivity index is 1.70. The van der Waals surface area contributed by atoms with Crippen LogP contribution in [0.25, 0.3) is 0 Å². The van der Waals surface area contributed by atoms with Gasteiger partial charge in [-0.1, -0.05) is 0 Å². The molecular weight excluding hydrogens is 300 g/mol. The van der Waals surface area contributed by atoms with Crippen LogP contribution in [0.3, 0.4) is 0 Å². The van der Waals surface area contributed by atoms with Gasteiger partial charge in [-0.05, 0) is 44.5 Å². The number of Topliss-reactive ketones (excluding diaryl/α,β-unsaturated/α-hetero) is 1. The first kappa shape index (κ1) is 15.8. The largest absolute Gasteiger partial charge is 0.345 e. The molecule has 2 aromatic rings. The number of ketones is 1. The minimum absolute atomic E-state index is 0.144. The number of hydrogen-bond donors (Lipinski definition) is 1. The highest BCUT2D eigenvalue weighted by Crippen LogP contribution is 2.23. The lowest BCUT2D eigenvalue weighted by atomic mass is 9.89. The number of piperidine rings is 1. The molecule has 1 atom stereocenters. The van der Waals surface area contributed by atoms with Crippen molar-refractivity contribution in [1.29, 1.82) is 0 Å². The Bertz CT molecular complexity index is 714. The Morgan fingerprint density at radius 3 is 3.00 bits per heavy atom. The molecule has 1 saturated heterocycles. The minimum atomic E-state index is -0.655. The molecule has 3 rings (SSSR count). The van der Waals surface area contributed by atoms with Crippen molar-refractivity contribution in [2.45, 2.75) is 26.3 Å². The van der Waals surface area contributed by atoms with Gasteiger partial charge in [-0.3, -0.25) is 9.69 Å². The summed E-state index contributed by atoms with van der Waals surface area (Å²) in [4.78, 5) is 22.0. The number of halogens is 2. The number of nitrogens with zero attached hydrogens (tertiary/aromatic N) is 2. The van der Waals surface area contributed by atoms with Crippen molar-refractivity contribution < 1.29 is 13.6 Å². The van der Waals surface area contributed by atoms with Crippen LogP contribution in [0.15, 0.2) is 24.4 Å². The lowest BCUT2D eigenvalue weighted by molar-refractivity contribution is 0.0805. The highest BCUT2D eigenvalue weighted by Gasteiger charge is 2.28. The maximum Gasteiger partial charge on any atom is 0.170 e. The van der Waals surface area contributed by atoms with E-state index in [2.05, 4.69) is 14.9 Å². The zero-order valence-electron chi connectivity index (χ0n) is 13.0. The van der Waals surface area contributed by atoms with E-state index >= 15 is 0 Å². The lowest BCUT2D eigenvalue weighted by Crippen LogP contribution is -2.38. The maximum atomic E-state index is 13.8. The molecule has 0 saturated carbocycles. The number of hydrogen-bond acceptors (Lipinski definition) is 3. The quantitative estimate of drug-likeness (QED) is 0.881. The molecule has 0 aliphatic carbocycles. The molecule has 122 valence electrons. The number of aryl methyl sites for hydroxylation is 1. The van der Waals surface area contributed by atoms with Crippen molar-refractivity contribution in [2.24, 2.45) is 5.92 Å². The first-order valence-electron chi connectivity index (χ1n) is 7.75. The SMILES string of the molecule is Cc1ncc(CN2CCC[C@@H](C(=O)c3cc(F)ccc3F)C2)[nH]1. The molecule has 0 radical (unpaired) electrons. The summed E-state index contributed by atoms with van der Waals surface area (Å²) in [7, 11) is 0. The zero-order valence-corrected chi connectivity index (χ0v) is 13.0. The molecule has 1 aromatic heterocycles. The van der Waals surface area contributed by atoms with Crippen LogP contribution in [0.1, 0.15) is 34.7 Å². The number of imidazole rings is 1. The van der Waals surface area contributed by atoms with E-state index in [-0.39, 0.29) is 17.3 Å². The second-order valence-electron chi connectivity index (χ2n) is 6.06. The molecule has 2 heterocycles.